The van der Waals surface area contributed by atoms with Gasteiger partial charge in [0.2, 0.25) is 0 Å². The summed E-state index contributed by atoms with van der Waals surface area (Å²) >= 11 is 0. The highest BCUT2D eigenvalue weighted by atomic mass is 16.5. The topological polar surface area (TPSA) is 35.5 Å². The minimum absolute atomic E-state index is 0.232. The van der Waals surface area contributed by atoms with Crippen molar-refractivity contribution in [3.8, 4) is 0 Å². The number of unbranched alkanes of at least 4 members (excludes halogenated alkanes) is 6. The van der Waals surface area contributed by atoms with Crippen LogP contribution in [-0.4, -0.2) is 19.2 Å². The second-order valence-corrected chi connectivity index (χ2v) is 5.01. The zero-order valence-corrected chi connectivity index (χ0v) is 13.2. The Hall–Kier alpha value is -1.25. The van der Waals surface area contributed by atoms with Crippen LogP contribution in [0.3, 0.4) is 0 Å². The van der Waals surface area contributed by atoms with Gasteiger partial charge in [-0.2, -0.15) is 0 Å². The van der Waals surface area contributed by atoms with Crippen LogP contribution in [0.25, 0.3) is 0 Å². The van der Waals surface area contributed by atoms with Crippen molar-refractivity contribution in [1.29, 1.82) is 0 Å². The van der Waals surface area contributed by atoms with Crippen molar-refractivity contribution in [3.05, 3.63) is 24.5 Å². The van der Waals surface area contributed by atoms with E-state index in [1.807, 2.05) is 0 Å². The van der Waals surface area contributed by atoms with Gasteiger partial charge in [-0.1, -0.05) is 65.5 Å². The maximum Gasteiger partial charge on any atom is 0.341 e. The van der Waals surface area contributed by atoms with E-state index < -0.39 is 5.97 Å². The number of hydrogen-bond donors (Lipinski definition) is 0. The summed E-state index contributed by atoms with van der Waals surface area (Å²) in [6.45, 7) is 12.7. The fourth-order valence-corrected chi connectivity index (χ4v) is 1.71. The average molecular weight is 282 g/mol. The molecule has 20 heavy (non-hydrogen) atoms. The first-order valence-corrected chi connectivity index (χ1v) is 7.81. The Kier molecular flexibility index (Phi) is 12.0. The van der Waals surface area contributed by atoms with E-state index in [-0.39, 0.29) is 5.57 Å². The lowest BCUT2D eigenvalue weighted by Gasteiger charge is -2.11. The largest absolute Gasteiger partial charge is 0.493 e. The summed E-state index contributed by atoms with van der Waals surface area (Å²) in [5, 5.41) is 0. The van der Waals surface area contributed by atoms with E-state index in [0.717, 1.165) is 32.1 Å². The van der Waals surface area contributed by atoms with Gasteiger partial charge in [-0.3, -0.25) is 0 Å². The quantitative estimate of drug-likeness (QED) is 0.160. The molecule has 0 heterocycles. The molecule has 116 valence electrons. The van der Waals surface area contributed by atoms with Crippen LogP contribution >= 0.6 is 0 Å². The van der Waals surface area contributed by atoms with Crippen molar-refractivity contribution in [3.63, 3.8) is 0 Å². The van der Waals surface area contributed by atoms with Crippen LogP contribution in [0.4, 0.5) is 0 Å². The molecule has 0 atom stereocenters. The highest BCUT2D eigenvalue weighted by Crippen LogP contribution is 2.11. The van der Waals surface area contributed by atoms with Crippen molar-refractivity contribution in [2.45, 2.75) is 65.2 Å². The van der Waals surface area contributed by atoms with E-state index in [0.29, 0.717) is 19.0 Å². The molecule has 0 amide bonds. The summed E-state index contributed by atoms with van der Waals surface area (Å²) < 4.78 is 10.5. The maximum atomic E-state index is 11.7. The normalized spacial score (nSPS) is 10.1. The predicted octanol–water partition coefficient (Wildman–Crippen LogP) is 4.78. The van der Waals surface area contributed by atoms with E-state index >= 15 is 0 Å². The molecule has 0 radical (unpaired) electrons. The van der Waals surface area contributed by atoms with Gasteiger partial charge in [0.05, 0.1) is 18.8 Å². The third-order valence-corrected chi connectivity index (χ3v) is 3.09. The first-order valence-electron chi connectivity index (χ1n) is 7.81. The molecular formula is C17H30O3. The molecule has 3 heteroatoms. The molecular weight excluding hydrogens is 252 g/mol. The summed E-state index contributed by atoms with van der Waals surface area (Å²) in [6.07, 6.45) is 8.91. The molecule has 0 rings (SSSR count). The first kappa shape index (κ1) is 18.8. The molecule has 0 aromatic rings. The van der Waals surface area contributed by atoms with Gasteiger partial charge in [-0.15, -0.1) is 0 Å². The van der Waals surface area contributed by atoms with Gasteiger partial charge in [0.15, 0.2) is 0 Å². The summed E-state index contributed by atoms with van der Waals surface area (Å²) in [6, 6.07) is 0. The standard InChI is InChI=1S/C17H30O3/c1-5-7-9-10-12-13-19-16(4)15(3)17(18)20-14-11-8-6-2/h3-14H2,1-2H3. The van der Waals surface area contributed by atoms with E-state index in [1.165, 1.54) is 19.3 Å². The van der Waals surface area contributed by atoms with Crippen molar-refractivity contribution >= 4 is 5.97 Å². The molecule has 0 saturated carbocycles. The van der Waals surface area contributed by atoms with Crippen LogP contribution in [0.2, 0.25) is 0 Å². The lowest BCUT2D eigenvalue weighted by molar-refractivity contribution is -0.139. The number of ether oxygens (including phenoxy) is 2. The zero-order chi connectivity index (χ0) is 15.2. The molecule has 0 spiro atoms. The van der Waals surface area contributed by atoms with Gasteiger partial charge in [0, 0.05) is 0 Å². The Morgan fingerprint density at radius 3 is 1.95 bits per heavy atom. The van der Waals surface area contributed by atoms with Gasteiger partial charge in [0.25, 0.3) is 0 Å². The minimum Gasteiger partial charge on any atom is -0.493 e. The Balaban J connectivity index is 3.69. The lowest BCUT2D eigenvalue weighted by atomic mass is 10.2. The van der Waals surface area contributed by atoms with E-state index in [1.54, 1.807) is 0 Å². The summed E-state index contributed by atoms with van der Waals surface area (Å²) in [7, 11) is 0. The van der Waals surface area contributed by atoms with Gasteiger partial charge in [-0.25, -0.2) is 4.79 Å². The summed E-state index contributed by atoms with van der Waals surface area (Å²) in [4.78, 5) is 11.7. The Bertz CT molecular complexity index is 295. The number of rotatable bonds is 13. The van der Waals surface area contributed by atoms with Crippen molar-refractivity contribution in [2.24, 2.45) is 0 Å². The lowest BCUT2D eigenvalue weighted by Crippen LogP contribution is -2.11. The molecule has 0 aliphatic heterocycles. The second kappa shape index (κ2) is 12.8. The maximum absolute atomic E-state index is 11.7. The molecule has 0 aliphatic carbocycles. The molecule has 0 aliphatic rings. The fraction of sp³-hybridized carbons (Fsp3) is 0.706. The second-order valence-electron chi connectivity index (χ2n) is 5.01. The number of hydrogen-bond acceptors (Lipinski definition) is 3. The van der Waals surface area contributed by atoms with E-state index in [2.05, 4.69) is 27.0 Å². The van der Waals surface area contributed by atoms with Crippen LogP contribution in [0, 0.1) is 0 Å². The monoisotopic (exact) mass is 282 g/mol. The third-order valence-electron chi connectivity index (χ3n) is 3.09. The third kappa shape index (κ3) is 9.65. The first-order chi connectivity index (χ1) is 9.63. The predicted molar refractivity (Wildman–Crippen MR) is 83.5 cm³/mol. The fourth-order valence-electron chi connectivity index (χ4n) is 1.71. The van der Waals surface area contributed by atoms with Crippen molar-refractivity contribution in [2.75, 3.05) is 13.2 Å². The molecule has 0 bridgehead atoms. The van der Waals surface area contributed by atoms with E-state index in [9.17, 15) is 4.79 Å². The smallest absolute Gasteiger partial charge is 0.341 e. The van der Waals surface area contributed by atoms with Crippen LogP contribution < -0.4 is 0 Å². The Labute approximate surface area is 124 Å². The molecule has 3 nitrogen and oxygen atoms in total. The molecule has 0 saturated heterocycles. The number of carbonyl (C=O) groups is 1. The van der Waals surface area contributed by atoms with Crippen LogP contribution in [0.1, 0.15) is 65.2 Å². The zero-order valence-electron chi connectivity index (χ0n) is 13.2. The van der Waals surface area contributed by atoms with Crippen molar-refractivity contribution < 1.29 is 14.3 Å². The molecule has 0 fully saturated rings. The molecule has 0 unspecified atom stereocenters. The summed E-state index contributed by atoms with van der Waals surface area (Å²) in [5.74, 6) is -0.0851. The minimum atomic E-state index is -0.419. The van der Waals surface area contributed by atoms with Crippen LogP contribution in [-0.2, 0) is 14.3 Å². The SMILES string of the molecule is C=C(OCCCCCCC)C(=C)C(=O)OCCCCC. The van der Waals surface area contributed by atoms with E-state index in [4.69, 9.17) is 9.47 Å². The van der Waals surface area contributed by atoms with Gasteiger partial charge < -0.3 is 9.47 Å². The number of carbonyl (C=O) groups excluding carboxylic acids is 1. The average Bonchev–Trinajstić information content (AvgIpc) is 2.46. The Morgan fingerprint density at radius 2 is 1.30 bits per heavy atom. The molecule has 0 N–H and O–H groups in total. The highest BCUT2D eigenvalue weighted by molar-refractivity contribution is 5.91. The number of esters is 1. The molecule has 0 aromatic carbocycles. The van der Waals surface area contributed by atoms with Crippen LogP contribution in [0.5, 0.6) is 0 Å². The summed E-state index contributed by atoms with van der Waals surface area (Å²) in [5.41, 5.74) is 0.232. The Morgan fingerprint density at radius 1 is 0.800 bits per heavy atom. The van der Waals surface area contributed by atoms with Gasteiger partial charge >= 0.3 is 5.97 Å². The van der Waals surface area contributed by atoms with Gasteiger partial charge in [-0.05, 0) is 12.8 Å². The van der Waals surface area contributed by atoms with Crippen LogP contribution in [0.15, 0.2) is 24.5 Å². The van der Waals surface area contributed by atoms with Gasteiger partial charge in [0.1, 0.15) is 5.76 Å². The molecule has 0 aromatic heterocycles. The highest BCUT2D eigenvalue weighted by Gasteiger charge is 2.12. The van der Waals surface area contributed by atoms with Crippen molar-refractivity contribution in [1.82, 2.24) is 0 Å².